The van der Waals surface area contributed by atoms with Crippen molar-refractivity contribution in [2.45, 2.75) is 6.61 Å². The highest BCUT2D eigenvalue weighted by Gasteiger charge is 2.36. The van der Waals surface area contributed by atoms with Gasteiger partial charge in [-0.2, -0.15) is 0 Å². The summed E-state index contributed by atoms with van der Waals surface area (Å²) in [6, 6.07) is 15.3. The lowest BCUT2D eigenvalue weighted by Gasteiger charge is -2.14. The number of benzene rings is 3. The number of carbonyl (C=O) groups is 3. The largest absolute Gasteiger partial charge is 0.497 e. The van der Waals surface area contributed by atoms with Crippen LogP contribution in [-0.4, -0.2) is 42.7 Å². The van der Waals surface area contributed by atoms with E-state index in [1.165, 1.54) is 14.2 Å². The van der Waals surface area contributed by atoms with Crippen LogP contribution in [0.1, 0.15) is 11.1 Å². The molecule has 8 nitrogen and oxygen atoms in total. The van der Waals surface area contributed by atoms with Gasteiger partial charge in [0.15, 0.2) is 11.5 Å². The molecule has 1 aliphatic heterocycles. The van der Waals surface area contributed by atoms with Crippen molar-refractivity contribution in [1.82, 2.24) is 4.90 Å². The molecule has 0 radical (unpaired) electrons. The number of anilines is 1. The molecule has 0 bridgehead atoms. The zero-order chi connectivity index (χ0) is 28.1. The lowest BCUT2D eigenvalue weighted by Crippen LogP contribution is -2.36. The normalized spacial score (nSPS) is 14.1. The van der Waals surface area contributed by atoms with Crippen LogP contribution < -0.4 is 19.5 Å². The van der Waals surface area contributed by atoms with Gasteiger partial charge in [-0.15, -0.1) is 0 Å². The summed E-state index contributed by atoms with van der Waals surface area (Å²) in [5.41, 5.74) is 1.92. The first kappa shape index (κ1) is 28.8. The Bertz CT molecular complexity index is 1470. The van der Waals surface area contributed by atoms with Crippen LogP contribution in [0.4, 0.5) is 10.5 Å². The minimum Gasteiger partial charge on any atom is -0.497 e. The van der Waals surface area contributed by atoms with Crippen molar-refractivity contribution in [3.8, 4) is 17.2 Å². The molecular weight excluding hydrogens is 631 g/mol. The summed E-state index contributed by atoms with van der Waals surface area (Å²) in [5, 5.41) is 3.00. The molecule has 1 aliphatic rings. The van der Waals surface area contributed by atoms with Gasteiger partial charge in [0.25, 0.3) is 11.1 Å². The Kier molecular flexibility index (Phi) is 9.45. The van der Waals surface area contributed by atoms with E-state index in [1.807, 2.05) is 0 Å². The number of halogens is 3. The molecule has 3 amide bonds. The lowest BCUT2D eigenvalue weighted by atomic mass is 10.1. The summed E-state index contributed by atoms with van der Waals surface area (Å²) < 4.78 is 17.1. The van der Waals surface area contributed by atoms with E-state index in [0.29, 0.717) is 43.0 Å². The Morgan fingerprint density at radius 2 is 1.77 bits per heavy atom. The average molecular weight is 652 g/mol. The topological polar surface area (TPSA) is 94.2 Å². The van der Waals surface area contributed by atoms with E-state index in [4.69, 9.17) is 37.4 Å². The second kappa shape index (κ2) is 12.8. The number of nitrogens with zero attached hydrogens (tertiary/aromatic N) is 1. The smallest absolute Gasteiger partial charge is 0.294 e. The third kappa shape index (κ3) is 7.07. The molecule has 1 heterocycles. The second-order valence-corrected chi connectivity index (χ2v) is 10.8. The molecule has 1 saturated heterocycles. The van der Waals surface area contributed by atoms with Crippen LogP contribution in [0.25, 0.3) is 6.08 Å². The molecule has 3 aromatic rings. The Morgan fingerprint density at radius 1 is 1.03 bits per heavy atom. The standard InChI is InChI=1S/C27H21BrCl2N2O6S/c1-36-18-6-4-17(5-7-18)31-24(33)13-32-26(34)23(39-27(32)35)12-16-9-19(28)25(22(11-16)37-2)38-14-15-3-8-20(29)21(30)10-15/h3-12H,13-14H2,1-2H3,(H,31,33)/b23-12+. The maximum Gasteiger partial charge on any atom is 0.294 e. The van der Waals surface area contributed by atoms with Gasteiger partial charge in [0.05, 0.1) is 33.6 Å². The number of methoxy groups -OCH3 is 2. The highest BCUT2D eigenvalue weighted by atomic mass is 79.9. The third-order valence-electron chi connectivity index (χ3n) is 5.47. The van der Waals surface area contributed by atoms with E-state index in [0.717, 1.165) is 22.2 Å². The first-order valence-electron chi connectivity index (χ1n) is 11.3. The fourth-order valence-corrected chi connectivity index (χ4v) is 5.29. The summed E-state index contributed by atoms with van der Waals surface area (Å²) in [6.45, 7) is -0.203. The molecular formula is C27H21BrCl2N2O6S. The summed E-state index contributed by atoms with van der Waals surface area (Å²) in [7, 11) is 3.03. The van der Waals surface area contributed by atoms with Crippen LogP contribution in [-0.2, 0) is 16.2 Å². The van der Waals surface area contributed by atoms with Gasteiger partial charge < -0.3 is 19.5 Å². The molecule has 1 N–H and O–H groups in total. The number of thioether (sulfide) groups is 1. The molecule has 0 unspecified atom stereocenters. The molecule has 0 aromatic heterocycles. The van der Waals surface area contributed by atoms with Crippen LogP contribution in [0.15, 0.2) is 64.0 Å². The quantitative estimate of drug-likeness (QED) is 0.248. The van der Waals surface area contributed by atoms with Crippen LogP contribution in [0.5, 0.6) is 17.2 Å². The van der Waals surface area contributed by atoms with Gasteiger partial charge in [0, 0.05) is 5.69 Å². The zero-order valence-electron chi connectivity index (χ0n) is 20.6. The van der Waals surface area contributed by atoms with Gasteiger partial charge in [-0.1, -0.05) is 29.3 Å². The Balaban J connectivity index is 1.45. The summed E-state index contributed by atoms with van der Waals surface area (Å²) in [4.78, 5) is 39.0. The minimum atomic E-state index is -0.565. The number of hydrogen-bond donors (Lipinski definition) is 1. The number of rotatable bonds is 9. The maximum absolute atomic E-state index is 12.9. The van der Waals surface area contributed by atoms with Crippen molar-refractivity contribution in [2.24, 2.45) is 0 Å². The first-order chi connectivity index (χ1) is 18.7. The van der Waals surface area contributed by atoms with Crippen LogP contribution >= 0.6 is 50.9 Å². The molecule has 0 atom stereocenters. The molecule has 39 heavy (non-hydrogen) atoms. The lowest BCUT2D eigenvalue weighted by molar-refractivity contribution is -0.127. The molecule has 1 fully saturated rings. The molecule has 4 rings (SSSR count). The highest BCUT2D eigenvalue weighted by Crippen LogP contribution is 2.39. The van der Waals surface area contributed by atoms with Gasteiger partial charge >= 0.3 is 0 Å². The Morgan fingerprint density at radius 3 is 2.44 bits per heavy atom. The van der Waals surface area contributed by atoms with Gasteiger partial charge in [0.2, 0.25) is 5.91 Å². The number of ether oxygens (including phenoxy) is 3. The van der Waals surface area contributed by atoms with E-state index in [-0.39, 0.29) is 11.5 Å². The predicted octanol–water partition coefficient (Wildman–Crippen LogP) is 7.03. The van der Waals surface area contributed by atoms with Crippen molar-refractivity contribution >= 4 is 79.7 Å². The fraction of sp³-hybridized carbons (Fsp3) is 0.148. The van der Waals surface area contributed by atoms with E-state index in [2.05, 4.69) is 21.2 Å². The molecule has 202 valence electrons. The van der Waals surface area contributed by atoms with Crippen LogP contribution in [0, 0.1) is 0 Å². The minimum absolute atomic E-state index is 0.177. The SMILES string of the molecule is COc1ccc(NC(=O)CN2C(=O)S/C(=C/c3cc(Br)c(OCc4ccc(Cl)c(Cl)c4)c(OC)c3)C2=O)cc1. The van der Waals surface area contributed by atoms with Gasteiger partial charge in [0.1, 0.15) is 18.9 Å². The van der Waals surface area contributed by atoms with Crippen molar-refractivity contribution in [1.29, 1.82) is 0 Å². The van der Waals surface area contributed by atoms with Crippen molar-refractivity contribution in [3.05, 3.63) is 85.1 Å². The average Bonchev–Trinajstić information content (AvgIpc) is 3.17. The van der Waals surface area contributed by atoms with Crippen LogP contribution in [0.2, 0.25) is 10.0 Å². The van der Waals surface area contributed by atoms with Crippen LogP contribution in [0.3, 0.4) is 0 Å². The van der Waals surface area contributed by atoms with Gasteiger partial charge in [-0.3, -0.25) is 19.3 Å². The van der Waals surface area contributed by atoms with E-state index < -0.39 is 23.6 Å². The summed E-state index contributed by atoms with van der Waals surface area (Å²) in [5.74, 6) is 0.428. The predicted molar refractivity (Wildman–Crippen MR) is 156 cm³/mol. The Hall–Kier alpha value is -3.18. The molecule has 0 spiro atoms. The Labute approximate surface area is 247 Å². The molecule has 0 saturated carbocycles. The third-order valence-corrected chi connectivity index (χ3v) is 7.70. The van der Waals surface area contributed by atoms with Crippen molar-refractivity contribution in [2.75, 3.05) is 26.1 Å². The summed E-state index contributed by atoms with van der Waals surface area (Å²) >= 11 is 16.3. The van der Waals surface area contributed by atoms with Crippen molar-refractivity contribution in [3.63, 3.8) is 0 Å². The fourth-order valence-electron chi connectivity index (χ4n) is 3.55. The molecule has 3 aromatic carbocycles. The maximum atomic E-state index is 12.9. The van der Waals surface area contributed by atoms with E-state index >= 15 is 0 Å². The zero-order valence-corrected chi connectivity index (χ0v) is 24.5. The number of nitrogens with one attached hydrogen (secondary N) is 1. The van der Waals surface area contributed by atoms with Gasteiger partial charge in [-0.05, 0) is 93.4 Å². The number of hydrogen-bond acceptors (Lipinski definition) is 7. The molecule has 12 heteroatoms. The monoisotopic (exact) mass is 650 g/mol. The van der Waals surface area contributed by atoms with Crippen molar-refractivity contribution < 1.29 is 28.6 Å². The number of carbonyl (C=O) groups excluding carboxylic acids is 3. The van der Waals surface area contributed by atoms with Gasteiger partial charge in [-0.25, -0.2) is 0 Å². The van der Waals surface area contributed by atoms with E-state index in [1.54, 1.807) is 60.7 Å². The molecule has 0 aliphatic carbocycles. The van der Waals surface area contributed by atoms with E-state index in [9.17, 15) is 14.4 Å². The highest BCUT2D eigenvalue weighted by molar-refractivity contribution is 9.10. The number of amides is 3. The summed E-state index contributed by atoms with van der Waals surface area (Å²) in [6.07, 6.45) is 1.56. The first-order valence-corrected chi connectivity index (χ1v) is 13.7. The second-order valence-electron chi connectivity index (χ2n) is 8.12. The number of imide groups is 1.